The van der Waals surface area contributed by atoms with Gasteiger partial charge in [0.25, 0.3) is 0 Å². The molecule has 268 valence electrons. The topological polar surface area (TPSA) is 275 Å². The summed E-state index contributed by atoms with van der Waals surface area (Å²) >= 11 is 0. The molecule has 48 heavy (non-hydrogen) atoms. The molecule has 0 saturated carbocycles. The van der Waals surface area contributed by atoms with Crippen molar-refractivity contribution in [2.24, 2.45) is 5.73 Å². The number of aliphatic hydroxyl groups is 1. The van der Waals surface area contributed by atoms with E-state index >= 15 is 0 Å². The van der Waals surface area contributed by atoms with E-state index in [1.54, 1.807) is 0 Å². The standard InChI is InChI=1S/C26H42N7O10P3S2/c27-17(24(39)31-18(4-7-35)25(40)30-16(13-36)3-6-34)2-1-8-47-48-9-5-21(38)29-11-15-12-33(26(41)32-23(15)28)22-10-19(37)20(43-22)14-44-46-45-42/h6-7,12-13,16-20,22,37,42,44-46H,1-5,8-11,14,27H2,(H,29,38)(H,30,40)(H,31,39)(H2,28,32,41). The van der Waals surface area contributed by atoms with E-state index in [9.17, 15) is 38.7 Å². The lowest BCUT2D eigenvalue weighted by atomic mass is 10.1. The minimum Gasteiger partial charge on any atom is -0.390 e. The number of hydrogen-bond donors (Lipinski definition) is 7. The van der Waals surface area contributed by atoms with Crippen LogP contribution in [-0.4, -0.2) is 104 Å². The van der Waals surface area contributed by atoms with Crippen LogP contribution >= 0.6 is 46.3 Å². The Balaban J connectivity index is 1.69. The first-order valence-corrected chi connectivity index (χ1v) is 22.5. The monoisotopic (exact) mass is 769 g/mol. The van der Waals surface area contributed by atoms with Crippen molar-refractivity contribution in [1.82, 2.24) is 25.5 Å². The van der Waals surface area contributed by atoms with E-state index in [4.69, 9.17) is 21.1 Å². The minimum absolute atomic E-state index is 0.0151. The second-order valence-electron chi connectivity index (χ2n) is 10.4. The van der Waals surface area contributed by atoms with E-state index in [1.165, 1.54) is 32.4 Å². The van der Waals surface area contributed by atoms with Crippen LogP contribution in [0.5, 0.6) is 0 Å². The minimum atomic E-state index is -1.23. The molecule has 2 heterocycles. The van der Waals surface area contributed by atoms with E-state index in [0.29, 0.717) is 71.2 Å². The summed E-state index contributed by atoms with van der Waals surface area (Å²) in [7, 11) is 3.69. The fourth-order valence-electron chi connectivity index (χ4n) is 4.29. The Morgan fingerprint density at radius 3 is 2.56 bits per heavy atom. The van der Waals surface area contributed by atoms with E-state index < -0.39 is 54.1 Å². The molecule has 1 aromatic heterocycles. The first-order valence-electron chi connectivity index (χ1n) is 14.8. The van der Waals surface area contributed by atoms with Crippen LogP contribution < -0.4 is 33.1 Å². The third-order valence-corrected chi connectivity index (χ3v) is 14.3. The Morgan fingerprint density at radius 1 is 1.15 bits per heavy atom. The van der Waals surface area contributed by atoms with Gasteiger partial charge < -0.3 is 56.5 Å². The smallest absolute Gasteiger partial charge is 0.351 e. The molecule has 1 saturated heterocycles. The molecule has 0 aliphatic carbocycles. The van der Waals surface area contributed by atoms with Crippen LogP contribution in [0.2, 0.25) is 0 Å². The molecule has 0 bridgehead atoms. The molecule has 2 rings (SSSR count). The number of nitrogen functional groups attached to an aromatic ring is 1. The number of ether oxygens (including phenoxy) is 1. The Hall–Kier alpha value is -2.07. The molecule has 0 radical (unpaired) electrons. The lowest BCUT2D eigenvalue weighted by Gasteiger charge is -2.20. The molecule has 0 spiro atoms. The van der Waals surface area contributed by atoms with Gasteiger partial charge in [-0.1, -0.05) is 29.9 Å². The van der Waals surface area contributed by atoms with Crippen molar-refractivity contribution in [3.63, 3.8) is 0 Å². The Labute approximate surface area is 290 Å². The molecule has 22 heteroatoms. The Kier molecular flexibility index (Phi) is 20.5. The highest BCUT2D eigenvalue weighted by molar-refractivity contribution is 8.76. The molecule has 1 aliphatic rings. The van der Waals surface area contributed by atoms with Crippen LogP contribution in [0.1, 0.15) is 50.3 Å². The number of hydrogen-bond acceptors (Lipinski definition) is 15. The lowest BCUT2D eigenvalue weighted by Crippen LogP contribution is -2.53. The summed E-state index contributed by atoms with van der Waals surface area (Å²) < 4.78 is 7.15. The van der Waals surface area contributed by atoms with Crippen molar-refractivity contribution in [1.29, 1.82) is 0 Å². The van der Waals surface area contributed by atoms with Crippen LogP contribution in [0.3, 0.4) is 0 Å². The number of carbonyl (C=O) groups is 6. The van der Waals surface area contributed by atoms with Crippen LogP contribution in [0.4, 0.5) is 5.82 Å². The average Bonchev–Trinajstić information content (AvgIpc) is 3.42. The van der Waals surface area contributed by atoms with Gasteiger partial charge in [-0.2, -0.15) is 4.98 Å². The maximum Gasteiger partial charge on any atom is 0.351 e. The number of nitrogens with zero attached hydrogens (tertiary/aromatic N) is 2. The summed E-state index contributed by atoms with van der Waals surface area (Å²) in [6, 6.07) is -3.24. The van der Waals surface area contributed by atoms with Crippen molar-refractivity contribution in [3.8, 4) is 0 Å². The Morgan fingerprint density at radius 2 is 1.88 bits per heavy atom. The van der Waals surface area contributed by atoms with Crippen molar-refractivity contribution in [2.75, 3.05) is 23.4 Å². The summed E-state index contributed by atoms with van der Waals surface area (Å²) in [5, 5.41) is 17.8. The normalized spacial score (nSPS) is 19.9. The zero-order valence-electron chi connectivity index (χ0n) is 25.9. The largest absolute Gasteiger partial charge is 0.390 e. The maximum atomic E-state index is 12.5. The number of anilines is 1. The van der Waals surface area contributed by atoms with Gasteiger partial charge in [0, 0.05) is 64.0 Å². The predicted octanol–water partition coefficient (Wildman–Crippen LogP) is -0.912. The van der Waals surface area contributed by atoms with E-state index in [0.717, 1.165) is 0 Å². The van der Waals surface area contributed by atoms with Crippen LogP contribution in [0.15, 0.2) is 11.0 Å². The highest BCUT2D eigenvalue weighted by Crippen LogP contribution is 2.51. The van der Waals surface area contributed by atoms with Gasteiger partial charge in [-0.25, -0.2) is 4.79 Å². The molecule has 9 unspecified atom stereocenters. The number of rotatable bonds is 24. The quantitative estimate of drug-likeness (QED) is 0.0290. The number of aldehydes is 3. The molecular formula is C26H42N7O10P3S2. The predicted molar refractivity (Wildman–Crippen MR) is 189 cm³/mol. The molecule has 3 amide bonds. The van der Waals surface area contributed by atoms with Crippen LogP contribution in [0, 0.1) is 0 Å². The molecule has 1 aliphatic heterocycles. The van der Waals surface area contributed by atoms with Gasteiger partial charge in [0.05, 0.1) is 24.3 Å². The fourth-order valence-corrected chi connectivity index (χ4v) is 9.92. The van der Waals surface area contributed by atoms with Crippen LogP contribution in [-0.2, 0) is 40.0 Å². The summed E-state index contributed by atoms with van der Waals surface area (Å²) in [6.45, 7) is 0.0418. The number of nitrogens with one attached hydrogen (secondary N) is 3. The van der Waals surface area contributed by atoms with Crippen molar-refractivity contribution >= 4 is 88.7 Å². The molecule has 1 aromatic rings. The summed E-state index contributed by atoms with van der Waals surface area (Å²) in [5.41, 5.74) is 11.7. The van der Waals surface area contributed by atoms with Crippen molar-refractivity contribution < 1.29 is 43.5 Å². The van der Waals surface area contributed by atoms with Gasteiger partial charge in [-0.05, 0) is 27.0 Å². The van der Waals surface area contributed by atoms with Crippen molar-refractivity contribution in [2.45, 2.75) is 81.6 Å². The van der Waals surface area contributed by atoms with Gasteiger partial charge in [-0.3, -0.25) is 19.0 Å². The van der Waals surface area contributed by atoms with Gasteiger partial charge in [0.1, 0.15) is 36.9 Å². The third-order valence-electron chi connectivity index (χ3n) is 6.88. The summed E-state index contributed by atoms with van der Waals surface area (Å²) in [6.07, 6.45) is 2.17. The zero-order chi connectivity index (χ0) is 35.5. The van der Waals surface area contributed by atoms with E-state index in [-0.39, 0.29) is 52.4 Å². The first-order chi connectivity index (χ1) is 23.0. The molecular weight excluding hydrogens is 727 g/mol. The second kappa shape index (κ2) is 23.4. The van der Waals surface area contributed by atoms with Gasteiger partial charge in [-0.15, -0.1) is 0 Å². The number of carbonyl (C=O) groups excluding carboxylic acids is 6. The fraction of sp³-hybridized carbons (Fsp3) is 0.615. The van der Waals surface area contributed by atoms with Crippen LogP contribution in [0.25, 0.3) is 0 Å². The first kappa shape index (κ1) is 42.1. The van der Waals surface area contributed by atoms with Gasteiger partial charge in [0.15, 0.2) is 0 Å². The van der Waals surface area contributed by atoms with Gasteiger partial charge in [0.2, 0.25) is 17.7 Å². The van der Waals surface area contributed by atoms with E-state index in [1.807, 2.05) is 0 Å². The number of aliphatic hydroxyl groups excluding tert-OH is 1. The highest BCUT2D eigenvalue weighted by atomic mass is 33.1. The van der Waals surface area contributed by atoms with Gasteiger partial charge >= 0.3 is 5.69 Å². The lowest BCUT2D eigenvalue weighted by molar-refractivity contribution is -0.131. The SMILES string of the molecule is Nc1nc(=O)n(C2CC(O)C(CPPPO)O2)cc1CNC(=O)CCSSCCCC(N)C(=O)NC(CC=O)C(=O)NC(C=O)CC=O. The average molecular weight is 770 g/mol. The molecule has 0 aromatic carbocycles. The maximum absolute atomic E-state index is 12.5. The number of nitrogens with two attached hydrogens (primary N) is 2. The summed E-state index contributed by atoms with van der Waals surface area (Å²) in [5.74, 6) is -0.539. The molecule has 9 atom stereocenters. The zero-order valence-corrected chi connectivity index (χ0v) is 30.5. The Bertz CT molecular complexity index is 1300. The highest BCUT2D eigenvalue weighted by Gasteiger charge is 2.35. The third kappa shape index (κ3) is 14.8. The second-order valence-corrected chi connectivity index (χ2v) is 19.1. The summed E-state index contributed by atoms with van der Waals surface area (Å²) in [4.78, 5) is 95.1. The molecule has 17 nitrogen and oxygen atoms in total. The number of amides is 3. The number of aromatic nitrogens is 2. The molecule has 1 fully saturated rings. The molecule has 9 N–H and O–H groups in total. The van der Waals surface area contributed by atoms with Crippen molar-refractivity contribution in [3.05, 3.63) is 22.2 Å². The van der Waals surface area contributed by atoms with E-state index in [2.05, 4.69) is 20.9 Å².